The van der Waals surface area contributed by atoms with Crippen molar-refractivity contribution in [3.63, 3.8) is 0 Å². The number of nitrogens with two attached hydrogens (primary N) is 1. The van der Waals surface area contributed by atoms with Crippen LogP contribution in [0, 0.1) is 0 Å². The Hall–Kier alpha value is -0.0600. The molecule has 0 spiro atoms. The van der Waals surface area contributed by atoms with Gasteiger partial charge in [-0.15, -0.1) is 11.3 Å². The van der Waals surface area contributed by atoms with Gasteiger partial charge in [0.25, 0.3) is 0 Å². The Kier molecular flexibility index (Phi) is 3.22. The molecule has 16 heavy (non-hydrogen) atoms. The van der Waals surface area contributed by atoms with Gasteiger partial charge in [-0.2, -0.15) is 11.8 Å². The van der Waals surface area contributed by atoms with Gasteiger partial charge in [-0.1, -0.05) is 6.42 Å². The van der Waals surface area contributed by atoms with Crippen LogP contribution in [0.4, 0.5) is 0 Å². The van der Waals surface area contributed by atoms with Crippen LogP contribution in [0.2, 0.25) is 0 Å². The predicted octanol–water partition coefficient (Wildman–Crippen LogP) is 3.44. The number of thiazole rings is 1. The third kappa shape index (κ3) is 2.03. The topological polar surface area (TPSA) is 38.9 Å². The number of hydrogen-bond donors (Lipinski definition) is 1. The third-order valence-electron chi connectivity index (χ3n) is 3.47. The summed E-state index contributed by atoms with van der Waals surface area (Å²) < 4.78 is 0. The summed E-state index contributed by atoms with van der Waals surface area (Å²) in [6, 6.07) is 0.211. The number of aromatic nitrogens is 1. The molecule has 1 aromatic heterocycles. The fraction of sp³-hybridized carbons (Fsp3) is 0.750. The van der Waals surface area contributed by atoms with E-state index >= 15 is 0 Å². The Morgan fingerprint density at radius 2 is 2.12 bits per heavy atom. The lowest BCUT2D eigenvalue weighted by Crippen LogP contribution is -2.16. The van der Waals surface area contributed by atoms with Crippen molar-refractivity contribution < 1.29 is 0 Å². The molecule has 2 nitrogen and oxygen atoms in total. The maximum atomic E-state index is 6.13. The van der Waals surface area contributed by atoms with Crippen molar-refractivity contribution in [3.05, 3.63) is 15.6 Å². The number of hydrogen-bond acceptors (Lipinski definition) is 4. The Balaban J connectivity index is 1.85. The lowest BCUT2D eigenvalue weighted by molar-refractivity contribution is 0.561. The molecule has 1 fully saturated rings. The van der Waals surface area contributed by atoms with E-state index in [2.05, 4.69) is 11.8 Å². The van der Waals surface area contributed by atoms with Gasteiger partial charge in [0.2, 0.25) is 0 Å². The van der Waals surface area contributed by atoms with E-state index in [-0.39, 0.29) is 6.04 Å². The van der Waals surface area contributed by atoms with E-state index in [4.69, 9.17) is 10.7 Å². The molecule has 0 saturated carbocycles. The molecule has 0 bridgehead atoms. The van der Waals surface area contributed by atoms with Crippen LogP contribution in [0.15, 0.2) is 0 Å². The maximum Gasteiger partial charge on any atom is 0.106 e. The second-order valence-corrected chi connectivity index (χ2v) is 7.14. The number of aryl methyl sites for hydroxylation is 1. The largest absolute Gasteiger partial charge is 0.323 e. The first-order valence-corrected chi connectivity index (χ1v) is 8.08. The second kappa shape index (κ2) is 4.67. The second-order valence-electron chi connectivity index (χ2n) is 4.71. The Morgan fingerprint density at radius 3 is 2.88 bits per heavy atom. The fourth-order valence-electron chi connectivity index (χ4n) is 2.54. The van der Waals surface area contributed by atoms with Crippen LogP contribution >= 0.6 is 23.1 Å². The van der Waals surface area contributed by atoms with Crippen molar-refractivity contribution in [3.8, 4) is 0 Å². The van der Waals surface area contributed by atoms with Gasteiger partial charge >= 0.3 is 0 Å². The highest BCUT2D eigenvalue weighted by Gasteiger charge is 2.26. The average molecular weight is 254 g/mol. The molecule has 0 aromatic carbocycles. The minimum absolute atomic E-state index is 0.211. The Bertz CT molecular complexity index is 369. The first-order chi connectivity index (χ1) is 7.84. The van der Waals surface area contributed by atoms with Crippen LogP contribution in [0.5, 0.6) is 0 Å². The quantitative estimate of drug-likeness (QED) is 0.834. The molecule has 1 aromatic rings. The summed E-state index contributed by atoms with van der Waals surface area (Å²) in [4.78, 5) is 6.30. The van der Waals surface area contributed by atoms with Gasteiger partial charge in [-0.05, 0) is 37.9 Å². The van der Waals surface area contributed by atoms with Crippen molar-refractivity contribution in [2.45, 2.75) is 49.8 Å². The smallest absolute Gasteiger partial charge is 0.106 e. The summed E-state index contributed by atoms with van der Waals surface area (Å²) in [6.45, 7) is 0. The molecule has 1 aliphatic carbocycles. The number of rotatable bonds is 1. The maximum absolute atomic E-state index is 6.13. The van der Waals surface area contributed by atoms with E-state index in [9.17, 15) is 0 Å². The summed E-state index contributed by atoms with van der Waals surface area (Å²) >= 11 is 4.02. The van der Waals surface area contributed by atoms with Gasteiger partial charge in [-0.3, -0.25) is 0 Å². The van der Waals surface area contributed by atoms with Crippen molar-refractivity contribution in [1.29, 1.82) is 0 Å². The van der Waals surface area contributed by atoms with Crippen molar-refractivity contribution in [1.82, 2.24) is 4.98 Å². The summed E-state index contributed by atoms with van der Waals surface area (Å²) in [5.74, 6) is 1.31. The fourth-order valence-corrected chi connectivity index (χ4v) is 5.27. The normalized spacial score (nSPS) is 30.1. The van der Waals surface area contributed by atoms with Gasteiger partial charge in [-0.25, -0.2) is 4.98 Å². The van der Waals surface area contributed by atoms with Gasteiger partial charge in [0, 0.05) is 10.9 Å². The zero-order chi connectivity index (χ0) is 11.0. The molecular weight excluding hydrogens is 236 g/mol. The highest BCUT2D eigenvalue weighted by atomic mass is 32.2. The molecule has 1 saturated heterocycles. The van der Waals surface area contributed by atoms with E-state index in [1.165, 1.54) is 53.4 Å². The van der Waals surface area contributed by atoms with Gasteiger partial charge in [0.15, 0.2) is 0 Å². The number of fused-ring (bicyclic) bond motifs is 1. The lowest BCUT2D eigenvalue weighted by atomic mass is 9.99. The van der Waals surface area contributed by atoms with E-state index in [0.29, 0.717) is 5.25 Å². The minimum atomic E-state index is 0.211. The van der Waals surface area contributed by atoms with Crippen LogP contribution in [0.1, 0.15) is 59.0 Å². The summed E-state index contributed by atoms with van der Waals surface area (Å²) in [5.41, 5.74) is 7.35. The first kappa shape index (κ1) is 11.1. The highest BCUT2D eigenvalue weighted by molar-refractivity contribution is 7.99. The van der Waals surface area contributed by atoms with Crippen molar-refractivity contribution in [2.75, 3.05) is 5.75 Å². The number of thioether (sulfide) groups is 1. The van der Waals surface area contributed by atoms with E-state index in [1.807, 2.05) is 11.3 Å². The molecule has 2 atom stereocenters. The van der Waals surface area contributed by atoms with E-state index < -0.39 is 0 Å². The van der Waals surface area contributed by atoms with Crippen LogP contribution < -0.4 is 5.73 Å². The zero-order valence-corrected chi connectivity index (χ0v) is 11.1. The molecule has 1 aliphatic heterocycles. The van der Waals surface area contributed by atoms with E-state index in [1.54, 1.807) is 0 Å². The molecule has 0 radical (unpaired) electrons. The van der Waals surface area contributed by atoms with Crippen LogP contribution in [0.3, 0.4) is 0 Å². The molecule has 2 unspecified atom stereocenters. The molecule has 3 rings (SSSR count). The SMILES string of the molecule is NC1CCCc2sc(C3CCCCS3)nc21. The minimum Gasteiger partial charge on any atom is -0.323 e. The van der Waals surface area contributed by atoms with E-state index in [0.717, 1.165) is 6.42 Å². The third-order valence-corrected chi connectivity index (χ3v) is 6.25. The van der Waals surface area contributed by atoms with Gasteiger partial charge < -0.3 is 5.73 Å². The monoisotopic (exact) mass is 254 g/mol. The highest BCUT2D eigenvalue weighted by Crippen LogP contribution is 2.42. The number of nitrogens with zero attached hydrogens (tertiary/aromatic N) is 1. The Labute approximate surface area is 105 Å². The molecule has 2 N–H and O–H groups in total. The lowest BCUT2D eigenvalue weighted by Gasteiger charge is -2.18. The first-order valence-electron chi connectivity index (χ1n) is 6.21. The standard InChI is InChI=1S/C12H18N2S2/c13-8-4-3-6-9-11(8)14-12(16-9)10-5-1-2-7-15-10/h8,10H,1-7,13H2. The predicted molar refractivity (Wildman–Crippen MR) is 71.0 cm³/mol. The average Bonchev–Trinajstić information content (AvgIpc) is 2.76. The summed E-state index contributed by atoms with van der Waals surface area (Å²) in [6.07, 6.45) is 7.63. The summed E-state index contributed by atoms with van der Waals surface area (Å²) in [7, 11) is 0. The molecule has 88 valence electrons. The van der Waals surface area contributed by atoms with Crippen LogP contribution in [-0.4, -0.2) is 10.7 Å². The molecule has 0 amide bonds. The molecular formula is C12H18N2S2. The molecule has 2 aliphatic rings. The van der Waals surface area contributed by atoms with Gasteiger partial charge in [0.05, 0.1) is 10.9 Å². The van der Waals surface area contributed by atoms with Gasteiger partial charge in [0.1, 0.15) is 5.01 Å². The van der Waals surface area contributed by atoms with Crippen LogP contribution in [-0.2, 0) is 6.42 Å². The summed E-state index contributed by atoms with van der Waals surface area (Å²) in [5, 5.41) is 2.02. The molecule has 4 heteroatoms. The Morgan fingerprint density at radius 1 is 1.19 bits per heavy atom. The zero-order valence-electron chi connectivity index (χ0n) is 9.45. The van der Waals surface area contributed by atoms with Crippen molar-refractivity contribution in [2.24, 2.45) is 5.73 Å². The van der Waals surface area contributed by atoms with Crippen molar-refractivity contribution >= 4 is 23.1 Å². The van der Waals surface area contributed by atoms with Crippen LogP contribution in [0.25, 0.3) is 0 Å². The molecule has 2 heterocycles.